The number of methoxy groups -OCH3 is 2. The number of guanidine groups is 1. The summed E-state index contributed by atoms with van der Waals surface area (Å²) in [7, 11) is 3.10. The lowest BCUT2D eigenvalue weighted by Crippen LogP contribution is -2.32. The van der Waals surface area contributed by atoms with Crippen molar-refractivity contribution in [1.82, 2.24) is 14.9 Å². The number of imidazole rings is 1. The number of nitrogens with zero attached hydrogens (tertiary/aromatic N) is 3. The molecular formula is C15H20F2IN5O2. The van der Waals surface area contributed by atoms with E-state index in [9.17, 15) is 8.78 Å². The molecule has 2 rings (SSSR count). The second kappa shape index (κ2) is 10.0. The first-order valence-corrected chi connectivity index (χ1v) is 7.09. The first-order chi connectivity index (χ1) is 11.5. The monoisotopic (exact) mass is 467 g/mol. The standard InChI is InChI=1S/C15H19F2N5O2.HI/c1-23-11-4-3-10(7-12(11)24-2)8-20-15(18)21-9-13-19-5-6-22(13)14(16)17;/h3-7,14H,8-9H2,1-2H3,(H3,18,20,21);1H. The fourth-order valence-corrected chi connectivity index (χ4v) is 2.04. The van der Waals surface area contributed by atoms with E-state index in [-0.39, 0.29) is 42.3 Å². The minimum atomic E-state index is -2.64. The Morgan fingerprint density at radius 3 is 2.68 bits per heavy atom. The molecule has 0 bridgehead atoms. The molecule has 7 nitrogen and oxygen atoms in total. The van der Waals surface area contributed by atoms with E-state index in [1.54, 1.807) is 26.4 Å². The summed E-state index contributed by atoms with van der Waals surface area (Å²) in [6.07, 6.45) is 2.51. The largest absolute Gasteiger partial charge is 0.493 e. The Kier molecular flexibility index (Phi) is 8.38. The van der Waals surface area contributed by atoms with Gasteiger partial charge in [0.25, 0.3) is 0 Å². The number of rotatable bonds is 7. The van der Waals surface area contributed by atoms with Gasteiger partial charge in [-0.3, -0.25) is 4.57 Å². The zero-order valence-electron chi connectivity index (χ0n) is 13.8. The molecule has 1 aromatic heterocycles. The Labute approximate surface area is 161 Å². The molecule has 3 N–H and O–H groups in total. The van der Waals surface area contributed by atoms with E-state index < -0.39 is 6.55 Å². The maximum absolute atomic E-state index is 12.7. The number of aromatic nitrogens is 2. The van der Waals surface area contributed by atoms with E-state index >= 15 is 0 Å². The van der Waals surface area contributed by atoms with Gasteiger partial charge in [0.15, 0.2) is 17.5 Å². The summed E-state index contributed by atoms with van der Waals surface area (Å²) in [6.45, 7) is -2.28. The number of nitrogens with one attached hydrogen (secondary N) is 1. The lowest BCUT2D eigenvalue weighted by atomic mass is 10.2. The highest BCUT2D eigenvalue weighted by atomic mass is 127. The van der Waals surface area contributed by atoms with Crippen LogP contribution in [-0.4, -0.2) is 29.7 Å². The lowest BCUT2D eigenvalue weighted by molar-refractivity contribution is 0.0668. The van der Waals surface area contributed by atoms with Crippen molar-refractivity contribution < 1.29 is 18.3 Å². The zero-order valence-corrected chi connectivity index (χ0v) is 16.1. The molecule has 0 saturated heterocycles. The van der Waals surface area contributed by atoms with Crippen molar-refractivity contribution in [3.8, 4) is 11.5 Å². The summed E-state index contributed by atoms with van der Waals surface area (Å²) in [5.41, 5.74) is 6.62. The molecule has 0 atom stereocenters. The maximum Gasteiger partial charge on any atom is 0.319 e. The van der Waals surface area contributed by atoms with Crippen LogP contribution in [0.25, 0.3) is 0 Å². The van der Waals surface area contributed by atoms with Crippen molar-refractivity contribution in [2.75, 3.05) is 14.2 Å². The number of ether oxygens (including phenoxy) is 2. The van der Waals surface area contributed by atoms with Crippen LogP contribution in [0.1, 0.15) is 17.9 Å². The normalized spacial score (nSPS) is 11.2. The van der Waals surface area contributed by atoms with Gasteiger partial charge >= 0.3 is 6.55 Å². The average Bonchev–Trinajstić information content (AvgIpc) is 3.06. The quantitative estimate of drug-likeness (QED) is 0.372. The van der Waals surface area contributed by atoms with Gasteiger partial charge in [-0.05, 0) is 17.7 Å². The van der Waals surface area contributed by atoms with Crippen LogP contribution in [0.5, 0.6) is 11.5 Å². The average molecular weight is 467 g/mol. The molecule has 2 aromatic rings. The first kappa shape index (κ1) is 20.9. The predicted octanol–water partition coefficient (Wildman–Crippen LogP) is 2.52. The van der Waals surface area contributed by atoms with Crippen LogP contribution < -0.4 is 20.5 Å². The topological polar surface area (TPSA) is 86.7 Å². The lowest BCUT2D eigenvalue weighted by Gasteiger charge is -2.10. The highest BCUT2D eigenvalue weighted by Crippen LogP contribution is 2.27. The number of hydrogen-bond acceptors (Lipinski definition) is 4. The van der Waals surface area contributed by atoms with Gasteiger partial charge in [0.1, 0.15) is 5.82 Å². The van der Waals surface area contributed by atoms with Gasteiger partial charge in [0.05, 0.1) is 27.3 Å². The fourth-order valence-electron chi connectivity index (χ4n) is 2.04. The number of halogens is 3. The third-order valence-corrected chi connectivity index (χ3v) is 3.27. The van der Waals surface area contributed by atoms with Crippen molar-refractivity contribution in [1.29, 1.82) is 0 Å². The fraction of sp³-hybridized carbons (Fsp3) is 0.333. The van der Waals surface area contributed by atoms with Crippen molar-refractivity contribution in [3.63, 3.8) is 0 Å². The number of aliphatic imine (C=N–C) groups is 1. The van der Waals surface area contributed by atoms with Crippen LogP contribution in [0.2, 0.25) is 0 Å². The number of alkyl halides is 2. The van der Waals surface area contributed by atoms with E-state index in [0.717, 1.165) is 10.1 Å². The summed E-state index contributed by atoms with van der Waals surface area (Å²) in [5, 5.41) is 2.76. The molecule has 0 aliphatic carbocycles. The van der Waals surface area contributed by atoms with Crippen LogP contribution in [0.15, 0.2) is 35.6 Å². The zero-order chi connectivity index (χ0) is 17.5. The third kappa shape index (κ3) is 5.73. The van der Waals surface area contributed by atoms with Gasteiger partial charge in [-0.2, -0.15) is 8.78 Å². The van der Waals surface area contributed by atoms with Crippen LogP contribution in [0, 0.1) is 0 Å². The third-order valence-electron chi connectivity index (χ3n) is 3.27. The summed E-state index contributed by atoms with van der Waals surface area (Å²) in [5.74, 6) is 1.52. The van der Waals surface area contributed by atoms with Crippen molar-refractivity contribution in [3.05, 3.63) is 42.0 Å². The minimum Gasteiger partial charge on any atom is -0.493 e. The first-order valence-electron chi connectivity index (χ1n) is 7.09. The van der Waals surface area contributed by atoms with E-state index in [1.807, 2.05) is 6.07 Å². The SMILES string of the molecule is COc1ccc(CN=C(N)NCc2nccn2C(F)F)cc1OC.I. The van der Waals surface area contributed by atoms with Crippen LogP contribution in [0.4, 0.5) is 8.78 Å². The predicted molar refractivity (Wildman–Crippen MR) is 101 cm³/mol. The van der Waals surface area contributed by atoms with Gasteiger partial charge in [0.2, 0.25) is 0 Å². The molecular weight excluding hydrogens is 447 g/mol. The van der Waals surface area contributed by atoms with Gasteiger partial charge in [-0.25, -0.2) is 9.98 Å². The van der Waals surface area contributed by atoms with Gasteiger partial charge in [0, 0.05) is 12.4 Å². The Bertz CT molecular complexity index is 709. The molecule has 1 aromatic carbocycles. The van der Waals surface area contributed by atoms with Gasteiger partial charge < -0.3 is 20.5 Å². The smallest absolute Gasteiger partial charge is 0.319 e. The number of nitrogens with two attached hydrogens (primary N) is 1. The molecule has 0 spiro atoms. The molecule has 1 heterocycles. The van der Waals surface area contributed by atoms with Crippen molar-refractivity contribution >= 4 is 29.9 Å². The summed E-state index contributed by atoms with van der Waals surface area (Å²) in [4.78, 5) is 8.01. The highest BCUT2D eigenvalue weighted by Gasteiger charge is 2.11. The molecule has 0 aliphatic rings. The Hall–Kier alpha value is -2.11. The summed E-state index contributed by atoms with van der Waals surface area (Å²) in [6, 6.07) is 5.40. The number of benzene rings is 1. The molecule has 0 unspecified atom stereocenters. The molecule has 0 aliphatic heterocycles. The molecule has 138 valence electrons. The highest BCUT2D eigenvalue weighted by molar-refractivity contribution is 14.0. The second-order valence-electron chi connectivity index (χ2n) is 4.77. The second-order valence-corrected chi connectivity index (χ2v) is 4.77. The van der Waals surface area contributed by atoms with Gasteiger partial charge in [-0.15, -0.1) is 24.0 Å². The van der Waals surface area contributed by atoms with E-state index in [1.165, 1.54) is 12.4 Å². The van der Waals surface area contributed by atoms with Crippen LogP contribution >= 0.6 is 24.0 Å². The van der Waals surface area contributed by atoms with Gasteiger partial charge in [-0.1, -0.05) is 6.07 Å². The molecule has 0 fully saturated rings. The van der Waals surface area contributed by atoms with E-state index in [0.29, 0.717) is 18.0 Å². The summed E-state index contributed by atoms with van der Waals surface area (Å²) < 4.78 is 36.5. The Morgan fingerprint density at radius 2 is 2.04 bits per heavy atom. The van der Waals surface area contributed by atoms with E-state index in [2.05, 4.69) is 15.3 Å². The molecule has 0 amide bonds. The molecule has 25 heavy (non-hydrogen) atoms. The van der Waals surface area contributed by atoms with Crippen molar-refractivity contribution in [2.24, 2.45) is 10.7 Å². The number of hydrogen-bond donors (Lipinski definition) is 2. The Balaban J connectivity index is 0.00000312. The van der Waals surface area contributed by atoms with E-state index in [4.69, 9.17) is 15.2 Å². The van der Waals surface area contributed by atoms with Crippen LogP contribution in [0.3, 0.4) is 0 Å². The molecule has 0 radical (unpaired) electrons. The Morgan fingerprint density at radius 1 is 1.32 bits per heavy atom. The molecule has 10 heteroatoms. The van der Waals surface area contributed by atoms with Crippen LogP contribution in [-0.2, 0) is 13.1 Å². The van der Waals surface area contributed by atoms with Crippen molar-refractivity contribution in [2.45, 2.75) is 19.6 Å². The minimum absolute atomic E-state index is 0. The molecule has 0 saturated carbocycles. The maximum atomic E-state index is 12.7. The summed E-state index contributed by atoms with van der Waals surface area (Å²) >= 11 is 0.